The van der Waals surface area contributed by atoms with Crippen molar-refractivity contribution in [2.45, 2.75) is 18.9 Å². The molecule has 1 aliphatic rings. The summed E-state index contributed by atoms with van der Waals surface area (Å²) in [7, 11) is 1.62. The van der Waals surface area contributed by atoms with Gasteiger partial charge in [-0.2, -0.15) is 0 Å². The smallest absolute Gasteiger partial charge is 0.253 e. The first-order valence-corrected chi connectivity index (χ1v) is 10.3. The topological polar surface area (TPSA) is 76.5 Å². The Hall–Kier alpha value is -2.61. The zero-order valence-electron chi connectivity index (χ0n) is 16.3. The first kappa shape index (κ1) is 20.7. The van der Waals surface area contributed by atoms with Crippen molar-refractivity contribution < 1.29 is 14.3 Å². The molecule has 9 heteroatoms. The number of carbonyl (C=O) groups excluding carboxylic acids is 2. The summed E-state index contributed by atoms with van der Waals surface area (Å²) in [6.07, 6.45) is 0.641. The normalized spacial score (nSPS) is 15.6. The fourth-order valence-corrected chi connectivity index (χ4v) is 4.21. The molecule has 0 saturated carbocycles. The Morgan fingerprint density at radius 1 is 1.20 bits per heavy atom. The Labute approximate surface area is 183 Å². The van der Waals surface area contributed by atoms with Crippen molar-refractivity contribution in [3.63, 3.8) is 0 Å². The van der Waals surface area contributed by atoms with E-state index in [1.165, 1.54) is 0 Å². The largest absolute Gasteiger partial charge is 0.385 e. The average Bonchev–Trinajstić information content (AvgIpc) is 3.17. The minimum absolute atomic E-state index is 0.0307. The van der Waals surface area contributed by atoms with Gasteiger partial charge in [-0.15, -0.1) is 0 Å². The molecule has 2 amide bonds. The molecule has 3 aromatic rings. The fraction of sp³-hybridized carbons (Fsp3) is 0.286. The number of halogens is 2. The number of hydrogen-bond donors (Lipinski definition) is 1. The van der Waals surface area contributed by atoms with Crippen LogP contribution in [0.4, 0.5) is 11.6 Å². The lowest BCUT2D eigenvalue weighted by molar-refractivity contribution is -0.124. The second-order valence-electron chi connectivity index (χ2n) is 7.03. The van der Waals surface area contributed by atoms with Gasteiger partial charge in [-0.1, -0.05) is 35.3 Å². The van der Waals surface area contributed by atoms with Crippen LogP contribution in [0.5, 0.6) is 0 Å². The number of hydrogen-bond acceptors (Lipinski definition) is 4. The number of fused-ring (bicyclic) bond motifs is 3. The van der Waals surface area contributed by atoms with E-state index in [1.54, 1.807) is 30.2 Å². The number of nitrogens with zero attached hydrogens (tertiary/aromatic N) is 3. The van der Waals surface area contributed by atoms with E-state index in [2.05, 4.69) is 10.3 Å². The van der Waals surface area contributed by atoms with Crippen LogP contribution in [0, 0.1) is 0 Å². The molecule has 1 atom stereocenters. The molecule has 0 saturated heterocycles. The molecule has 156 valence electrons. The summed E-state index contributed by atoms with van der Waals surface area (Å²) in [5.41, 5.74) is 2.08. The number of para-hydroxylation sites is 2. The zero-order chi connectivity index (χ0) is 21.3. The van der Waals surface area contributed by atoms with E-state index in [-0.39, 0.29) is 18.2 Å². The van der Waals surface area contributed by atoms with E-state index in [0.29, 0.717) is 41.3 Å². The zero-order valence-corrected chi connectivity index (χ0v) is 17.8. The fourth-order valence-electron chi connectivity index (χ4n) is 3.69. The molecule has 0 radical (unpaired) electrons. The molecule has 0 unspecified atom stereocenters. The van der Waals surface area contributed by atoms with Crippen LogP contribution in [0.3, 0.4) is 0 Å². The number of rotatable bonds is 7. The van der Waals surface area contributed by atoms with Gasteiger partial charge in [0, 0.05) is 36.0 Å². The second kappa shape index (κ2) is 8.63. The van der Waals surface area contributed by atoms with Crippen LogP contribution in [-0.4, -0.2) is 41.6 Å². The van der Waals surface area contributed by atoms with Gasteiger partial charge in [0.05, 0.1) is 17.5 Å². The number of methoxy groups -OCH3 is 1. The molecule has 1 aromatic heterocycles. The van der Waals surface area contributed by atoms with Crippen LogP contribution < -0.4 is 10.2 Å². The summed E-state index contributed by atoms with van der Waals surface area (Å²) in [6.45, 7) is 1.00. The standard InChI is InChI=1S/C21H20Cl2N4O3/c1-30-8-4-7-26-20(29)18(27-17-6-3-2-5-16(17)25-21(26)27)12-19(28)24-15-10-13(22)9-14(23)11-15/h2-3,5-6,9-11,18H,4,7-8,12H2,1H3,(H,24,28)/t18-/m0/s1. The maximum absolute atomic E-state index is 13.2. The summed E-state index contributed by atoms with van der Waals surface area (Å²) in [5.74, 6) is 0.0914. The number of ether oxygens (including phenoxy) is 1. The summed E-state index contributed by atoms with van der Waals surface area (Å²) < 4.78 is 6.95. The van der Waals surface area contributed by atoms with Gasteiger partial charge in [0.2, 0.25) is 11.9 Å². The molecule has 7 nitrogen and oxygen atoms in total. The molecular formula is C21H20Cl2N4O3. The average molecular weight is 447 g/mol. The van der Waals surface area contributed by atoms with Crippen molar-refractivity contribution in [2.75, 3.05) is 30.5 Å². The van der Waals surface area contributed by atoms with Gasteiger partial charge in [0.15, 0.2) is 0 Å². The summed E-state index contributed by atoms with van der Waals surface area (Å²) >= 11 is 12.0. The summed E-state index contributed by atoms with van der Waals surface area (Å²) in [6, 6.07) is 11.7. The highest BCUT2D eigenvalue weighted by molar-refractivity contribution is 6.35. The van der Waals surface area contributed by atoms with Gasteiger partial charge in [-0.05, 0) is 36.8 Å². The van der Waals surface area contributed by atoms with E-state index < -0.39 is 6.04 Å². The van der Waals surface area contributed by atoms with Crippen molar-refractivity contribution in [2.24, 2.45) is 0 Å². The van der Waals surface area contributed by atoms with E-state index in [0.717, 1.165) is 11.0 Å². The lowest BCUT2D eigenvalue weighted by atomic mass is 10.1. The Bertz CT molecular complexity index is 1090. The van der Waals surface area contributed by atoms with Gasteiger partial charge >= 0.3 is 0 Å². The first-order valence-electron chi connectivity index (χ1n) is 9.51. The number of anilines is 2. The lowest BCUT2D eigenvalue weighted by Gasteiger charge is -2.15. The third-order valence-corrected chi connectivity index (χ3v) is 5.37. The molecule has 30 heavy (non-hydrogen) atoms. The Balaban J connectivity index is 1.61. The Morgan fingerprint density at radius 2 is 1.93 bits per heavy atom. The van der Waals surface area contributed by atoms with Crippen molar-refractivity contribution in [3.05, 3.63) is 52.5 Å². The molecular weight excluding hydrogens is 427 g/mol. The van der Waals surface area contributed by atoms with Gasteiger partial charge in [0.25, 0.3) is 5.91 Å². The number of nitrogens with one attached hydrogen (secondary N) is 1. The molecule has 0 aliphatic carbocycles. The van der Waals surface area contributed by atoms with Crippen LogP contribution in [0.15, 0.2) is 42.5 Å². The lowest BCUT2D eigenvalue weighted by Crippen LogP contribution is -2.32. The highest BCUT2D eigenvalue weighted by Gasteiger charge is 2.40. The van der Waals surface area contributed by atoms with Crippen molar-refractivity contribution in [1.82, 2.24) is 9.55 Å². The van der Waals surface area contributed by atoms with E-state index in [9.17, 15) is 9.59 Å². The van der Waals surface area contributed by atoms with Crippen LogP contribution in [0.1, 0.15) is 18.9 Å². The number of imidazole rings is 1. The molecule has 2 heterocycles. The molecule has 1 N–H and O–H groups in total. The highest BCUT2D eigenvalue weighted by Crippen LogP contribution is 2.36. The number of aromatic nitrogens is 2. The predicted octanol–water partition coefficient (Wildman–Crippen LogP) is 4.30. The maximum Gasteiger partial charge on any atom is 0.253 e. The molecule has 0 fully saturated rings. The van der Waals surface area contributed by atoms with Gasteiger partial charge < -0.3 is 10.1 Å². The number of amides is 2. The van der Waals surface area contributed by atoms with Gasteiger partial charge in [-0.3, -0.25) is 19.1 Å². The third kappa shape index (κ3) is 4.01. The van der Waals surface area contributed by atoms with E-state index >= 15 is 0 Å². The van der Waals surface area contributed by atoms with Crippen LogP contribution in [0.2, 0.25) is 10.0 Å². The van der Waals surface area contributed by atoms with Crippen molar-refractivity contribution in [3.8, 4) is 0 Å². The predicted molar refractivity (Wildman–Crippen MR) is 117 cm³/mol. The summed E-state index contributed by atoms with van der Waals surface area (Å²) in [4.78, 5) is 32.2. The maximum atomic E-state index is 13.2. The van der Waals surface area contributed by atoms with Crippen molar-refractivity contribution in [1.29, 1.82) is 0 Å². The molecule has 0 spiro atoms. The van der Waals surface area contributed by atoms with E-state index in [4.69, 9.17) is 27.9 Å². The molecule has 4 rings (SSSR count). The number of benzene rings is 2. The minimum Gasteiger partial charge on any atom is -0.385 e. The van der Waals surface area contributed by atoms with Crippen molar-refractivity contribution >= 4 is 57.7 Å². The van der Waals surface area contributed by atoms with Gasteiger partial charge in [-0.25, -0.2) is 4.98 Å². The second-order valence-corrected chi connectivity index (χ2v) is 7.91. The highest BCUT2D eigenvalue weighted by atomic mass is 35.5. The quantitative estimate of drug-likeness (QED) is 0.548. The van der Waals surface area contributed by atoms with E-state index in [1.807, 2.05) is 28.8 Å². The minimum atomic E-state index is -0.676. The number of carbonyl (C=O) groups is 2. The van der Waals surface area contributed by atoms with Crippen LogP contribution in [-0.2, 0) is 14.3 Å². The SMILES string of the molecule is COCCCN1C(=O)[C@H](CC(=O)Nc2cc(Cl)cc(Cl)c2)n2c1nc1ccccc12. The van der Waals surface area contributed by atoms with Crippen LogP contribution >= 0.6 is 23.2 Å². The molecule has 2 aromatic carbocycles. The third-order valence-electron chi connectivity index (χ3n) is 4.94. The Morgan fingerprint density at radius 3 is 2.67 bits per heavy atom. The monoisotopic (exact) mass is 446 g/mol. The summed E-state index contributed by atoms with van der Waals surface area (Å²) in [5, 5.41) is 3.61. The first-order chi connectivity index (χ1) is 14.5. The molecule has 0 bridgehead atoms. The van der Waals surface area contributed by atoms with Gasteiger partial charge in [0.1, 0.15) is 6.04 Å². The van der Waals surface area contributed by atoms with Crippen LogP contribution in [0.25, 0.3) is 11.0 Å². The Kier molecular flexibility index (Phi) is 5.94. The molecule has 1 aliphatic heterocycles.